The maximum atomic E-state index is 12.1. The van der Waals surface area contributed by atoms with Crippen LogP contribution in [0.5, 0.6) is 0 Å². The van der Waals surface area contributed by atoms with E-state index in [0.29, 0.717) is 23.5 Å². The van der Waals surface area contributed by atoms with E-state index in [9.17, 15) is 9.59 Å². The first kappa shape index (κ1) is 12.8. The molecule has 1 aliphatic carbocycles. The van der Waals surface area contributed by atoms with Crippen molar-refractivity contribution in [1.82, 2.24) is 0 Å². The van der Waals surface area contributed by atoms with Gasteiger partial charge in [0.05, 0.1) is 12.7 Å². The summed E-state index contributed by atoms with van der Waals surface area (Å²) < 4.78 is 4.69. The summed E-state index contributed by atoms with van der Waals surface area (Å²) in [7, 11) is 1.34. The van der Waals surface area contributed by atoms with E-state index >= 15 is 0 Å². The molecule has 1 aliphatic rings. The molecule has 1 atom stereocenters. The van der Waals surface area contributed by atoms with Gasteiger partial charge in [0.1, 0.15) is 0 Å². The highest BCUT2D eigenvalue weighted by Gasteiger charge is 2.37. The van der Waals surface area contributed by atoms with Gasteiger partial charge in [0.2, 0.25) is 0 Å². The number of carbonyl (C=O) groups is 2. The first-order valence-electron chi connectivity index (χ1n) is 6.14. The van der Waals surface area contributed by atoms with E-state index in [0.717, 1.165) is 5.56 Å². The molecule has 0 saturated heterocycles. The number of ketones is 1. The van der Waals surface area contributed by atoms with Gasteiger partial charge in [-0.2, -0.15) is 0 Å². The second-order valence-electron chi connectivity index (χ2n) is 5.50. The SMILES string of the molecule is COC(=O)c1ccc2c(c1)C(=O)CC(C)C2(C)C. The number of fused-ring (bicyclic) bond motifs is 1. The Balaban J connectivity index is 2.56. The number of benzene rings is 1. The summed E-state index contributed by atoms with van der Waals surface area (Å²) in [5.74, 6) is 0.0195. The Hall–Kier alpha value is -1.64. The summed E-state index contributed by atoms with van der Waals surface area (Å²) in [5.41, 5.74) is 2.09. The van der Waals surface area contributed by atoms with Crippen LogP contribution >= 0.6 is 0 Å². The summed E-state index contributed by atoms with van der Waals surface area (Å²) in [4.78, 5) is 23.6. The van der Waals surface area contributed by atoms with Crippen molar-refractivity contribution in [2.45, 2.75) is 32.6 Å². The number of methoxy groups -OCH3 is 1. The van der Waals surface area contributed by atoms with Crippen LogP contribution in [0.25, 0.3) is 0 Å². The number of ether oxygens (including phenoxy) is 1. The van der Waals surface area contributed by atoms with Gasteiger partial charge >= 0.3 is 5.97 Å². The molecule has 0 aliphatic heterocycles. The Morgan fingerprint density at radius 1 is 1.39 bits per heavy atom. The molecule has 0 bridgehead atoms. The largest absolute Gasteiger partial charge is 0.465 e. The minimum absolute atomic E-state index is 0.0438. The third kappa shape index (κ3) is 1.84. The molecule has 2 rings (SSSR count). The van der Waals surface area contributed by atoms with Gasteiger partial charge in [0, 0.05) is 12.0 Å². The Bertz CT molecular complexity index is 514. The lowest BCUT2D eigenvalue weighted by Gasteiger charge is -2.37. The average molecular weight is 246 g/mol. The zero-order valence-electron chi connectivity index (χ0n) is 11.2. The monoisotopic (exact) mass is 246 g/mol. The van der Waals surface area contributed by atoms with E-state index in [2.05, 4.69) is 25.5 Å². The third-order valence-electron chi connectivity index (χ3n) is 4.16. The molecule has 0 fully saturated rings. The zero-order chi connectivity index (χ0) is 13.5. The van der Waals surface area contributed by atoms with Crippen LogP contribution in [-0.4, -0.2) is 18.9 Å². The predicted molar refractivity (Wildman–Crippen MR) is 68.9 cm³/mol. The smallest absolute Gasteiger partial charge is 0.337 e. The van der Waals surface area contributed by atoms with Gasteiger partial charge in [-0.15, -0.1) is 0 Å². The van der Waals surface area contributed by atoms with Crippen molar-refractivity contribution >= 4 is 11.8 Å². The van der Waals surface area contributed by atoms with Gasteiger partial charge in [0.25, 0.3) is 0 Å². The first-order valence-corrected chi connectivity index (χ1v) is 6.14. The fourth-order valence-electron chi connectivity index (χ4n) is 2.49. The highest BCUT2D eigenvalue weighted by Crippen LogP contribution is 2.41. The van der Waals surface area contributed by atoms with Gasteiger partial charge in [0.15, 0.2) is 5.78 Å². The molecule has 0 heterocycles. The summed E-state index contributed by atoms with van der Waals surface area (Å²) in [6.45, 7) is 6.37. The maximum absolute atomic E-state index is 12.1. The molecule has 0 aromatic heterocycles. The molecular formula is C15H18O3. The Morgan fingerprint density at radius 2 is 2.06 bits per heavy atom. The van der Waals surface area contributed by atoms with Crippen molar-refractivity contribution in [3.63, 3.8) is 0 Å². The lowest BCUT2D eigenvalue weighted by molar-refractivity contribution is 0.0600. The number of esters is 1. The highest BCUT2D eigenvalue weighted by molar-refractivity contribution is 6.02. The van der Waals surface area contributed by atoms with Crippen LogP contribution < -0.4 is 0 Å². The van der Waals surface area contributed by atoms with Crippen LogP contribution in [0.1, 0.15) is 53.5 Å². The molecule has 1 aromatic carbocycles. The zero-order valence-corrected chi connectivity index (χ0v) is 11.2. The molecule has 0 amide bonds. The van der Waals surface area contributed by atoms with Crippen molar-refractivity contribution in [3.8, 4) is 0 Å². The number of hydrogen-bond donors (Lipinski definition) is 0. The first-order chi connectivity index (χ1) is 8.37. The second-order valence-corrected chi connectivity index (χ2v) is 5.50. The van der Waals surface area contributed by atoms with Crippen molar-refractivity contribution in [1.29, 1.82) is 0 Å². The van der Waals surface area contributed by atoms with Crippen LogP contribution in [0.3, 0.4) is 0 Å². The minimum atomic E-state index is -0.401. The fraction of sp³-hybridized carbons (Fsp3) is 0.467. The Labute approximate surface area is 107 Å². The number of hydrogen-bond acceptors (Lipinski definition) is 3. The van der Waals surface area contributed by atoms with E-state index < -0.39 is 5.97 Å². The quantitative estimate of drug-likeness (QED) is 0.715. The number of carbonyl (C=O) groups excluding carboxylic acids is 2. The van der Waals surface area contributed by atoms with E-state index in [-0.39, 0.29) is 11.2 Å². The molecule has 0 N–H and O–H groups in total. The Kier molecular flexibility index (Phi) is 3.01. The molecule has 0 spiro atoms. The van der Waals surface area contributed by atoms with Crippen LogP contribution in [0, 0.1) is 5.92 Å². The molecule has 0 saturated carbocycles. The molecule has 18 heavy (non-hydrogen) atoms. The van der Waals surface area contributed by atoms with Gasteiger partial charge in [-0.25, -0.2) is 4.79 Å². The fourth-order valence-corrected chi connectivity index (χ4v) is 2.49. The lowest BCUT2D eigenvalue weighted by atomic mass is 9.66. The summed E-state index contributed by atoms with van der Waals surface area (Å²) >= 11 is 0. The van der Waals surface area contributed by atoms with E-state index in [4.69, 9.17) is 0 Å². The molecule has 1 unspecified atom stereocenters. The van der Waals surface area contributed by atoms with E-state index in [1.54, 1.807) is 12.1 Å². The van der Waals surface area contributed by atoms with Gasteiger partial charge in [-0.1, -0.05) is 26.8 Å². The number of rotatable bonds is 1. The normalized spacial score (nSPS) is 21.3. The lowest BCUT2D eigenvalue weighted by Crippen LogP contribution is -2.35. The maximum Gasteiger partial charge on any atom is 0.337 e. The van der Waals surface area contributed by atoms with E-state index in [1.807, 2.05) is 6.07 Å². The van der Waals surface area contributed by atoms with Crippen molar-refractivity contribution < 1.29 is 14.3 Å². The second kappa shape index (κ2) is 4.23. The van der Waals surface area contributed by atoms with Crippen LogP contribution in [0.15, 0.2) is 18.2 Å². The van der Waals surface area contributed by atoms with Crippen LogP contribution in [-0.2, 0) is 10.2 Å². The average Bonchev–Trinajstić information content (AvgIpc) is 2.35. The van der Waals surface area contributed by atoms with Crippen LogP contribution in [0.2, 0.25) is 0 Å². The standard InChI is InChI=1S/C15H18O3/c1-9-7-13(16)11-8-10(14(17)18-4)5-6-12(11)15(9,2)3/h5-6,8-9H,7H2,1-4H3. The third-order valence-corrected chi connectivity index (χ3v) is 4.16. The highest BCUT2D eigenvalue weighted by atomic mass is 16.5. The van der Waals surface area contributed by atoms with Crippen molar-refractivity contribution in [2.75, 3.05) is 7.11 Å². The van der Waals surface area contributed by atoms with Gasteiger partial charge in [-0.05, 0) is 29.0 Å². The summed E-state index contributed by atoms with van der Waals surface area (Å²) in [6.07, 6.45) is 0.532. The Morgan fingerprint density at radius 3 is 2.67 bits per heavy atom. The van der Waals surface area contributed by atoms with Gasteiger partial charge in [-0.3, -0.25) is 4.79 Å². The molecular weight excluding hydrogens is 228 g/mol. The molecule has 3 nitrogen and oxygen atoms in total. The molecule has 0 radical (unpaired) electrons. The minimum Gasteiger partial charge on any atom is -0.465 e. The molecule has 1 aromatic rings. The summed E-state index contributed by atoms with van der Waals surface area (Å²) in [6, 6.07) is 5.28. The molecule has 96 valence electrons. The topological polar surface area (TPSA) is 43.4 Å². The van der Waals surface area contributed by atoms with Gasteiger partial charge < -0.3 is 4.74 Å². The summed E-state index contributed by atoms with van der Waals surface area (Å²) in [5, 5.41) is 0. The van der Waals surface area contributed by atoms with Crippen molar-refractivity contribution in [2.24, 2.45) is 5.92 Å². The van der Waals surface area contributed by atoms with Crippen LogP contribution in [0.4, 0.5) is 0 Å². The van der Waals surface area contributed by atoms with E-state index in [1.165, 1.54) is 7.11 Å². The van der Waals surface area contributed by atoms with Crippen molar-refractivity contribution in [3.05, 3.63) is 34.9 Å². The predicted octanol–water partition coefficient (Wildman–Crippen LogP) is 2.97. The molecule has 3 heteroatoms. The number of Topliss-reactive ketones (excluding diaryl/α,β-unsaturated/α-hetero) is 1.